The number of pyridine rings is 2. The summed E-state index contributed by atoms with van der Waals surface area (Å²) in [4.78, 5) is 9.26. The van der Waals surface area contributed by atoms with Gasteiger partial charge >= 0.3 is 0 Å². The number of aromatic nitrogens is 2. The van der Waals surface area contributed by atoms with Crippen LogP contribution in [0.1, 0.15) is 35.2 Å². The minimum atomic E-state index is 0.393. The third kappa shape index (κ3) is 3.19. The Morgan fingerprint density at radius 3 is 2.95 bits per heavy atom. The van der Waals surface area contributed by atoms with Crippen molar-refractivity contribution < 1.29 is 0 Å². The zero-order valence-corrected chi connectivity index (χ0v) is 12.6. The standard InChI is InChI=1S/C16H18N4S/c17-15(21)13-8-12-5-1-2-6-14(12)20-16(13)19-10-11-4-3-7-18-9-11/h3-4,7-9H,1-2,5-6,10H2,(H2,17,21)(H,19,20). The lowest BCUT2D eigenvalue weighted by atomic mass is 9.94. The van der Waals surface area contributed by atoms with Gasteiger partial charge in [0.1, 0.15) is 10.8 Å². The van der Waals surface area contributed by atoms with Crippen molar-refractivity contribution >= 4 is 23.0 Å². The van der Waals surface area contributed by atoms with Crippen LogP contribution in [0.25, 0.3) is 0 Å². The first-order valence-corrected chi connectivity index (χ1v) is 7.60. The molecule has 0 saturated carbocycles. The summed E-state index contributed by atoms with van der Waals surface area (Å²) >= 11 is 5.17. The zero-order chi connectivity index (χ0) is 14.7. The normalized spacial score (nSPS) is 13.5. The lowest BCUT2D eigenvalue weighted by Gasteiger charge is -2.19. The van der Waals surface area contributed by atoms with Crippen molar-refractivity contribution in [2.75, 3.05) is 5.32 Å². The van der Waals surface area contributed by atoms with Crippen LogP contribution in [0.2, 0.25) is 0 Å². The van der Waals surface area contributed by atoms with Gasteiger partial charge in [-0.25, -0.2) is 4.98 Å². The second kappa shape index (κ2) is 6.18. The number of hydrogen-bond donors (Lipinski definition) is 2. The smallest absolute Gasteiger partial charge is 0.136 e. The number of nitrogens with two attached hydrogens (primary N) is 1. The molecule has 1 aliphatic carbocycles. The van der Waals surface area contributed by atoms with E-state index in [0.29, 0.717) is 11.5 Å². The molecule has 3 rings (SSSR count). The molecule has 4 nitrogen and oxygen atoms in total. The van der Waals surface area contributed by atoms with E-state index in [-0.39, 0.29) is 0 Å². The number of hydrogen-bond acceptors (Lipinski definition) is 4. The summed E-state index contributed by atoms with van der Waals surface area (Å²) in [5, 5.41) is 3.34. The SMILES string of the molecule is NC(=S)c1cc2c(nc1NCc1cccnc1)CCCC2. The predicted octanol–water partition coefficient (Wildman–Crippen LogP) is 2.60. The van der Waals surface area contributed by atoms with Crippen molar-refractivity contribution in [3.05, 3.63) is 53.0 Å². The number of nitrogens with one attached hydrogen (secondary N) is 1. The summed E-state index contributed by atoms with van der Waals surface area (Å²) in [6.45, 7) is 0.662. The summed E-state index contributed by atoms with van der Waals surface area (Å²) in [6.07, 6.45) is 8.13. The van der Waals surface area contributed by atoms with E-state index in [1.165, 1.54) is 24.1 Å². The Balaban J connectivity index is 1.87. The van der Waals surface area contributed by atoms with Crippen molar-refractivity contribution in [2.45, 2.75) is 32.2 Å². The highest BCUT2D eigenvalue weighted by Crippen LogP contribution is 2.25. The first kappa shape index (κ1) is 13.9. The molecule has 2 aromatic heterocycles. The third-order valence-electron chi connectivity index (χ3n) is 3.75. The first-order valence-electron chi connectivity index (χ1n) is 7.19. The number of aryl methyl sites for hydroxylation is 2. The minimum absolute atomic E-state index is 0.393. The molecule has 0 radical (unpaired) electrons. The second-order valence-electron chi connectivity index (χ2n) is 5.28. The van der Waals surface area contributed by atoms with Gasteiger partial charge in [-0.1, -0.05) is 18.3 Å². The zero-order valence-electron chi connectivity index (χ0n) is 11.8. The molecule has 2 aromatic rings. The minimum Gasteiger partial charge on any atom is -0.389 e. The maximum absolute atomic E-state index is 5.86. The van der Waals surface area contributed by atoms with Gasteiger partial charge in [0.15, 0.2) is 0 Å². The molecule has 0 amide bonds. The van der Waals surface area contributed by atoms with Crippen molar-refractivity contribution in [2.24, 2.45) is 5.73 Å². The van der Waals surface area contributed by atoms with Gasteiger partial charge in [-0.3, -0.25) is 4.98 Å². The molecule has 5 heteroatoms. The van der Waals surface area contributed by atoms with Crippen molar-refractivity contribution in [1.29, 1.82) is 0 Å². The molecule has 0 bridgehead atoms. The Morgan fingerprint density at radius 2 is 2.19 bits per heavy atom. The Kier molecular flexibility index (Phi) is 4.10. The van der Waals surface area contributed by atoms with E-state index in [0.717, 1.165) is 29.8 Å². The average Bonchev–Trinajstić information content (AvgIpc) is 2.53. The lowest BCUT2D eigenvalue weighted by molar-refractivity contribution is 0.668. The molecule has 3 N–H and O–H groups in total. The molecule has 0 saturated heterocycles. The number of fused-ring (bicyclic) bond motifs is 1. The van der Waals surface area contributed by atoms with E-state index in [2.05, 4.69) is 16.4 Å². The molecule has 108 valence electrons. The number of rotatable bonds is 4. The Hall–Kier alpha value is -2.01. The molecular weight excluding hydrogens is 280 g/mol. The third-order valence-corrected chi connectivity index (χ3v) is 3.97. The van der Waals surface area contributed by atoms with Crippen molar-refractivity contribution in [1.82, 2.24) is 9.97 Å². The van der Waals surface area contributed by atoms with Crippen LogP contribution in [0.4, 0.5) is 5.82 Å². The van der Waals surface area contributed by atoms with E-state index in [4.69, 9.17) is 22.9 Å². The van der Waals surface area contributed by atoms with Gasteiger partial charge in [-0.05, 0) is 48.9 Å². The summed E-state index contributed by atoms with van der Waals surface area (Å²) in [7, 11) is 0. The topological polar surface area (TPSA) is 63.8 Å². The monoisotopic (exact) mass is 298 g/mol. The van der Waals surface area contributed by atoms with E-state index in [1.807, 2.05) is 18.3 Å². The molecule has 0 unspecified atom stereocenters. The molecule has 1 aliphatic rings. The van der Waals surface area contributed by atoms with Crippen molar-refractivity contribution in [3.8, 4) is 0 Å². The number of thiocarbonyl (C=S) groups is 1. The van der Waals surface area contributed by atoms with Gasteiger partial charge in [-0.15, -0.1) is 0 Å². The lowest BCUT2D eigenvalue weighted by Crippen LogP contribution is -2.18. The fourth-order valence-electron chi connectivity index (χ4n) is 2.64. The fourth-order valence-corrected chi connectivity index (χ4v) is 2.80. The molecule has 21 heavy (non-hydrogen) atoms. The number of anilines is 1. The highest BCUT2D eigenvalue weighted by Gasteiger charge is 2.16. The van der Waals surface area contributed by atoms with Gasteiger partial charge in [0.25, 0.3) is 0 Å². The summed E-state index contributed by atoms with van der Waals surface area (Å²) in [5.74, 6) is 0.784. The van der Waals surface area contributed by atoms with Gasteiger partial charge in [-0.2, -0.15) is 0 Å². The summed E-state index contributed by atoms with van der Waals surface area (Å²) < 4.78 is 0. The van der Waals surface area contributed by atoms with E-state index < -0.39 is 0 Å². The Labute approximate surface area is 129 Å². The molecule has 0 spiro atoms. The molecular formula is C16H18N4S. The molecule has 0 atom stereocenters. The number of nitrogens with zero attached hydrogens (tertiary/aromatic N) is 2. The van der Waals surface area contributed by atoms with E-state index in [1.54, 1.807) is 6.20 Å². The highest BCUT2D eigenvalue weighted by atomic mass is 32.1. The molecule has 0 aliphatic heterocycles. The summed E-state index contributed by atoms with van der Waals surface area (Å²) in [6, 6.07) is 6.06. The molecule has 0 fully saturated rings. The van der Waals surface area contributed by atoms with E-state index >= 15 is 0 Å². The Morgan fingerprint density at radius 1 is 1.33 bits per heavy atom. The molecule has 0 aromatic carbocycles. The van der Waals surface area contributed by atoms with Gasteiger partial charge < -0.3 is 11.1 Å². The largest absolute Gasteiger partial charge is 0.389 e. The maximum atomic E-state index is 5.86. The van der Waals surface area contributed by atoms with Crippen LogP contribution in [-0.4, -0.2) is 15.0 Å². The van der Waals surface area contributed by atoms with Crippen molar-refractivity contribution in [3.63, 3.8) is 0 Å². The quantitative estimate of drug-likeness (QED) is 0.850. The second-order valence-corrected chi connectivity index (χ2v) is 5.72. The van der Waals surface area contributed by atoms with Crippen LogP contribution in [0.3, 0.4) is 0 Å². The average molecular weight is 298 g/mol. The fraction of sp³-hybridized carbons (Fsp3) is 0.312. The Bertz CT molecular complexity index is 655. The first-order chi connectivity index (χ1) is 10.2. The maximum Gasteiger partial charge on any atom is 0.136 e. The van der Waals surface area contributed by atoms with Gasteiger partial charge in [0, 0.05) is 24.6 Å². The van der Waals surface area contributed by atoms with Gasteiger partial charge in [0.2, 0.25) is 0 Å². The van der Waals surface area contributed by atoms with Gasteiger partial charge in [0.05, 0.1) is 5.56 Å². The van der Waals surface area contributed by atoms with Crippen LogP contribution < -0.4 is 11.1 Å². The van der Waals surface area contributed by atoms with Crippen LogP contribution in [-0.2, 0) is 19.4 Å². The molecule has 2 heterocycles. The predicted molar refractivity (Wildman–Crippen MR) is 88.3 cm³/mol. The van der Waals surface area contributed by atoms with Crippen LogP contribution in [0.5, 0.6) is 0 Å². The highest BCUT2D eigenvalue weighted by molar-refractivity contribution is 7.80. The van der Waals surface area contributed by atoms with Crippen LogP contribution in [0, 0.1) is 0 Å². The summed E-state index contributed by atoms with van der Waals surface area (Å²) in [5.41, 5.74) is 10.3. The van der Waals surface area contributed by atoms with Crippen LogP contribution in [0.15, 0.2) is 30.6 Å². The van der Waals surface area contributed by atoms with E-state index in [9.17, 15) is 0 Å². The van der Waals surface area contributed by atoms with Crippen LogP contribution >= 0.6 is 12.2 Å².